The summed E-state index contributed by atoms with van der Waals surface area (Å²) in [5.41, 5.74) is 5.52. The van der Waals surface area contributed by atoms with E-state index in [-0.39, 0.29) is 0 Å². The van der Waals surface area contributed by atoms with Gasteiger partial charge in [0.15, 0.2) is 0 Å². The van der Waals surface area contributed by atoms with Gasteiger partial charge in [-0.2, -0.15) is 5.10 Å². The molecule has 4 heteroatoms. The van der Waals surface area contributed by atoms with Crippen LogP contribution in [-0.2, 0) is 6.54 Å². The van der Waals surface area contributed by atoms with Gasteiger partial charge in [0.2, 0.25) is 5.95 Å². The molecule has 1 aromatic heterocycles. The van der Waals surface area contributed by atoms with Crippen molar-refractivity contribution in [1.82, 2.24) is 14.8 Å². The molecule has 0 radical (unpaired) electrons. The molecule has 0 atom stereocenters. The third-order valence-corrected chi connectivity index (χ3v) is 1.56. The maximum atomic E-state index is 5.52. The van der Waals surface area contributed by atoms with E-state index in [1.807, 2.05) is 0 Å². The predicted molar refractivity (Wildman–Crippen MR) is 43.9 cm³/mol. The smallest absolute Gasteiger partial charge is 0.218 e. The summed E-state index contributed by atoms with van der Waals surface area (Å²) in [6.45, 7) is 5.21. The van der Waals surface area contributed by atoms with Crippen LogP contribution in [0.2, 0.25) is 0 Å². The molecule has 2 N–H and O–H groups in total. The molecule has 0 saturated heterocycles. The minimum Gasteiger partial charge on any atom is -0.368 e. The summed E-state index contributed by atoms with van der Waals surface area (Å²) in [6, 6.07) is 0. The first kappa shape index (κ1) is 8.04. The fraction of sp³-hybridized carbons (Fsp3) is 0.714. The Bertz CT molecular complexity index is 216. The Morgan fingerprint density at radius 1 is 1.64 bits per heavy atom. The molecule has 0 fully saturated rings. The average molecular weight is 154 g/mol. The minimum atomic E-state index is 0.505. The normalized spacial score (nSPS) is 10.8. The van der Waals surface area contributed by atoms with E-state index in [9.17, 15) is 0 Å². The van der Waals surface area contributed by atoms with Crippen molar-refractivity contribution < 1.29 is 0 Å². The minimum absolute atomic E-state index is 0.505. The Morgan fingerprint density at radius 3 is 2.82 bits per heavy atom. The van der Waals surface area contributed by atoms with E-state index in [0.717, 1.165) is 13.0 Å². The summed E-state index contributed by atoms with van der Waals surface area (Å²) in [6.07, 6.45) is 2.57. The van der Waals surface area contributed by atoms with Crippen LogP contribution >= 0.6 is 0 Å². The number of nitrogens with zero attached hydrogens (tertiary/aromatic N) is 3. The molecular formula is C7H14N4. The zero-order chi connectivity index (χ0) is 8.27. The van der Waals surface area contributed by atoms with Gasteiger partial charge in [0.25, 0.3) is 0 Å². The van der Waals surface area contributed by atoms with E-state index < -0.39 is 0 Å². The van der Waals surface area contributed by atoms with E-state index in [1.165, 1.54) is 6.33 Å². The topological polar surface area (TPSA) is 56.7 Å². The summed E-state index contributed by atoms with van der Waals surface area (Å²) in [7, 11) is 0. The van der Waals surface area contributed by atoms with E-state index in [2.05, 4.69) is 23.9 Å². The highest BCUT2D eigenvalue weighted by Gasteiger charge is 1.99. The highest BCUT2D eigenvalue weighted by Crippen LogP contribution is 2.03. The zero-order valence-corrected chi connectivity index (χ0v) is 6.99. The van der Waals surface area contributed by atoms with E-state index >= 15 is 0 Å². The van der Waals surface area contributed by atoms with Crippen LogP contribution in [0.15, 0.2) is 6.33 Å². The van der Waals surface area contributed by atoms with Crippen LogP contribution in [0.25, 0.3) is 0 Å². The first-order valence-corrected chi connectivity index (χ1v) is 3.83. The Morgan fingerprint density at radius 2 is 2.36 bits per heavy atom. The Kier molecular flexibility index (Phi) is 2.46. The zero-order valence-electron chi connectivity index (χ0n) is 6.99. The summed E-state index contributed by atoms with van der Waals surface area (Å²) < 4.78 is 1.72. The Labute approximate surface area is 66.4 Å². The lowest BCUT2D eigenvalue weighted by molar-refractivity contribution is 0.491. The number of rotatable bonds is 3. The lowest BCUT2D eigenvalue weighted by atomic mass is 10.1. The van der Waals surface area contributed by atoms with Crippen molar-refractivity contribution in [2.45, 2.75) is 26.8 Å². The van der Waals surface area contributed by atoms with Gasteiger partial charge >= 0.3 is 0 Å². The molecule has 1 heterocycles. The standard InChI is InChI=1S/C7H14N4/c1-6(2)3-4-11-7(8)9-5-10-11/h5-6H,3-4H2,1-2H3,(H2,8,9,10). The van der Waals surface area contributed by atoms with Crippen LogP contribution in [-0.4, -0.2) is 14.8 Å². The quantitative estimate of drug-likeness (QED) is 0.704. The average Bonchev–Trinajstić information content (AvgIpc) is 2.31. The molecule has 11 heavy (non-hydrogen) atoms. The van der Waals surface area contributed by atoms with E-state index in [0.29, 0.717) is 11.9 Å². The Hall–Kier alpha value is -1.06. The molecule has 0 aliphatic carbocycles. The summed E-state index contributed by atoms with van der Waals surface area (Å²) in [5.74, 6) is 1.18. The van der Waals surface area contributed by atoms with Gasteiger partial charge in [0.05, 0.1) is 0 Å². The van der Waals surface area contributed by atoms with Gasteiger partial charge in [-0.1, -0.05) is 13.8 Å². The number of hydrogen-bond donors (Lipinski definition) is 1. The van der Waals surface area contributed by atoms with Crippen molar-refractivity contribution in [3.8, 4) is 0 Å². The molecule has 0 saturated carbocycles. The van der Waals surface area contributed by atoms with Gasteiger partial charge in [0, 0.05) is 6.54 Å². The molecule has 1 rings (SSSR count). The van der Waals surface area contributed by atoms with Gasteiger partial charge < -0.3 is 5.73 Å². The molecule has 4 nitrogen and oxygen atoms in total. The molecule has 0 aromatic carbocycles. The Balaban J connectivity index is 2.44. The maximum Gasteiger partial charge on any atom is 0.218 e. The molecular weight excluding hydrogens is 140 g/mol. The molecule has 0 amide bonds. The second kappa shape index (κ2) is 3.37. The van der Waals surface area contributed by atoms with Crippen molar-refractivity contribution in [3.05, 3.63) is 6.33 Å². The predicted octanol–water partition coefficient (Wildman–Crippen LogP) is 0.906. The first-order chi connectivity index (χ1) is 5.20. The van der Waals surface area contributed by atoms with Gasteiger partial charge in [-0.15, -0.1) is 0 Å². The number of nitrogen functional groups attached to an aromatic ring is 1. The third kappa shape index (κ3) is 2.22. The van der Waals surface area contributed by atoms with Crippen molar-refractivity contribution >= 4 is 5.95 Å². The number of anilines is 1. The van der Waals surface area contributed by atoms with Gasteiger partial charge in [-0.25, -0.2) is 9.67 Å². The van der Waals surface area contributed by atoms with Gasteiger partial charge in [0.1, 0.15) is 6.33 Å². The molecule has 1 aromatic rings. The highest BCUT2D eigenvalue weighted by atomic mass is 15.4. The number of nitrogens with two attached hydrogens (primary N) is 1. The number of hydrogen-bond acceptors (Lipinski definition) is 3. The second-order valence-corrected chi connectivity index (χ2v) is 3.02. The van der Waals surface area contributed by atoms with Crippen LogP contribution in [0.4, 0.5) is 5.95 Å². The maximum absolute atomic E-state index is 5.52. The van der Waals surface area contributed by atoms with Gasteiger partial charge in [-0.3, -0.25) is 0 Å². The lowest BCUT2D eigenvalue weighted by Gasteiger charge is -2.04. The lowest BCUT2D eigenvalue weighted by Crippen LogP contribution is -2.06. The second-order valence-electron chi connectivity index (χ2n) is 3.02. The molecule has 62 valence electrons. The third-order valence-electron chi connectivity index (χ3n) is 1.56. The summed E-state index contributed by atoms with van der Waals surface area (Å²) in [4.78, 5) is 3.82. The van der Waals surface area contributed by atoms with E-state index in [4.69, 9.17) is 5.73 Å². The van der Waals surface area contributed by atoms with Gasteiger partial charge in [-0.05, 0) is 12.3 Å². The van der Waals surface area contributed by atoms with Crippen molar-refractivity contribution in [2.24, 2.45) is 5.92 Å². The van der Waals surface area contributed by atoms with Crippen molar-refractivity contribution in [2.75, 3.05) is 5.73 Å². The van der Waals surface area contributed by atoms with Crippen LogP contribution in [0, 0.1) is 5.92 Å². The monoisotopic (exact) mass is 154 g/mol. The van der Waals surface area contributed by atoms with Crippen LogP contribution in [0.1, 0.15) is 20.3 Å². The SMILES string of the molecule is CC(C)CCn1ncnc1N. The van der Waals surface area contributed by atoms with Crippen LogP contribution < -0.4 is 5.73 Å². The van der Waals surface area contributed by atoms with Crippen LogP contribution in [0.3, 0.4) is 0 Å². The molecule has 0 aliphatic rings. The molecule has 0 bridgehead atoms. The van der Waals surface area contributed by atoms with Crippen LogP contribution in [0.5, 0.6) is 0 Å². The fourth-order valence-electron chi connectivity index (χ4n) is 0.826. The van der Waals surface area contributed by atoms with Crippen molar-refractivity contribution in [3.63, 3.8) is 0 Å². The highest BCUT2D eigenvalue weighted by molar-refractivity contribution is 5.11. The summed E-state index contributed by atoms with van der Waals surface area (Å²) in [5, 5.41) is 3.97. The number of aromatic nitrogens is 3. The number of aryl methyl sites for hydroxylation is 1. The molecule has 0 aliphatic heterocycles. The summed E-state index contributed by atoms with van der Waals surface area (Å²) >= 11 is 0. The van der Waals surface area contributed by atoms with Crippen molar-refractivity contribution in [1.29, 1.82) is 0 Å². The molecule has 0 spiro atoms. The van der Waals surface area contributed by atoms with E-state index in [1.54, 1.807) is 4.68 Å². The fourth-order valence-corrected chi connectivity index (χ4v) is 0.826. The largest absolute Gasteiger partial charge is 0.368 e. The first-order valence-electron chi connectivity index (χ1n) is 3.83. The molecule has 0 unspecified atom stereocenters.